The molecule has 0 aliphatic rings. The average molecular weight is 287 g/mol. The number of nitrogens with zero attached hydrogens (tertiary/aromatic N) is 1. The maximum absolute atomic E-state index is 12.5. The first-order valence-corrected chi connectivity index (χ1v) is 6.69. The summed E-state index contributed by atoms with van der Waals surface area (Å²) in [6.45, 7) is 1.92. The molecule has 0 N–H and O–H groups in total. The predicted molar refractivity (Wildman–Crippen MR) is 84.2 cm³/mol. The molecule has 104 valence electrons. The molecule has 4 heteroatoms. The van der Waals surface area contributed by atoms with Crippen LogP contribution in [-0.4, -0.2) is 20.1 Å². The molecular formula is C16H17NO2S. The molecule has 0 saturated carbocycles. The minimum Gasteiger partial charge on any atom is -0.497 e. The molecule has 0 unspecified atom stereocenters. The van der Waals surface area contributed by atoms with Crippen LogP contribution in [0.25, 0.3) is 0 Å². The number of ether oxygens (including phenoxy) is 1. The lowest BCUT2D eigenvalue weighted by atomic mass is 10.1. The smallest absolute Gasteiger partial charge is 0.258 e. The number of amides is 1. The number of thiol groups is 1. The third kappa shape index (κ3) is 2.96. The molecule has 2 aromatic rings. The van der Waals surface area contributed by atoms with Gasteiger partial charge < -0.3 is 9.64 Å². The molecule has 2 aromatic carbocycles. The predicted octanol–water partition coefficient (Wildman–Crippen LogP) is 3.57. The fraction of sp³-hybridized carbons (Fsp3) is 0.188. The van der Waals surface area contributed by atoms with E-state index < -0.39 is 0 Å². The van der Waals surface area contributed by atoms with Gasteiger partial charge in [-0.15, -0.1) is 12.6 Å². The molecule has 0 aliphatic heterocycles. The van der Waals surface area contributed by atoms with Gasteiger partial charge in [-0.3, -0.25) is 4.79 Å². The van der Waals surface area contributed by atoms with Gasteiger partial charge >= 0.3 is 0 Å². The van der Waals surface area contributed by atoms with Crippen LogP contribution in [-0.2, 0) is 0 Å². The minimum absolute atomic E-state index is 0.0523. The van der Waals surface area contributed by atoms with Crippen molar-refractivity contribution < 1.29 is 9.53 Å². The fourth-order valence-corrected chi connectivity index (χ4v) is 2.15. The number of carbonyl (C=O) groups excluding carboxylic acids is 1. The molecule has 3 nitrogen and oxygen atoms in total. The van der Waals surface area contributed by atoms with Crippen LogP contribution in [0.15, 0.2) is 47.4 Å². The number of benzene rings is 2. The summed E-state index contributed by atoms with van der Waals surface area (Å²) in [6, 6.07) is 13.0. The van der Waals surface area contributed by atoms with E-state index in [0.29, 0.717) is 5.56 Å². The van der Waals surface area contributed by atoms with Gasteiger partial charge in [-0.25, -0.2) is 0 Å². The number of anilines is 1. The molecular weight excluding hydrogens is 270 g/mol. The second-order valence-corrected chi connectivity index (χ2v) is 5.08. The van der Waals surface area contributed by atoms with Crippen LogP contribution in [0.3, 0.4) is 0 Å². The molecule has 0 radical (unpaired) electrons. The zero-order valence-electron chi connectivity index (χ0n) is 11.8. The lowest BCUT2D eigenvalue weighted by molar-refractivity contribution is 0.0992. The van der Waals surface area contributed by atoms with Crippen LogP contribution in [0.5, 0.6) is 5.75 Å². The standard InChI is InChI=1S/C16H17NO2S/c1-11-4-9-14(20)10-15(11)16(18)17(2)12-5-7-13(19-3)8-6-12/h4-10,20H,1-3H3. The first-order valence-electron chi connectivity index (χ1n) is 6.24. The van der Waals surface area contributed by atoms with Crippen molar-refractivity contribution in [2.24, 2.45) is 0 Å². The van der Waals surface area contributed by atoms with E-state index in [0.717, 1.165) is 21.9 Å². The van der Waals surface area contributed by atoms with Gasteiger partial charge in [-0.05, 0) is 48.9 Å². The third-order valence-electron chi connectivity index (χ3n) is 3.22. The van der Waals surface area contributed by atoms with E-state index in [9.17, 15) is 4.79 Å². The molecule has 2 rings (SSSR count). The summed E-state index contributed by atoms with van der Waals surface area (Å²) in [5, 5.41) is 0. The lowest BCUT2D eigenvalue weighted by Crippen LogP contribution is -2.26. The zero-order valence-corrected chi connectivity index (χ0v) is 12.6. The molecule has 0 atom stereocenters. The number of hydrogen-bond acceptors (Lipinski definition) is 3. The van der Waals surface area contributed by atoms with E-state index in [1.807, 2.05) is 43.3 Å². The Bertz CT molecular complexity index is 623. The molecule has 1 amide bonds. The highest BCUT2D eigenvalue weighted by Gasteiger charge is 2.15. The number of aryl methyl sites for hydroxylation is 1. The number of rotatable bonds is 3. The molecule has 0 bridgehead atoms. The summed E-state index contributed by atoms with van der Waals surface area (Å²) in [5.41, 5.74) is 2.42. The lowest BCUT2D eigenvalue weighted by Gasteiger charge is -2.19. The van der Waals surface area contributed by atoms with Gasteiger partial charge in [0.2, 0.25) is 0 Å². The Balaban J connectivity index is 2.29. The third-order valence-corrected chi connectivity index (χ3v) is 3.49. The maximum atomic E-state index is 12.5. The van der Waals surface area contributed by atoms with E-state index in [2.05, 4.69) is 12.6 Å². The van der Waals surface area contributed by atoms with Gasteiger partial charge in [-0.2, -0.15) is 0 Å². The van der Waals surface area contributed by atoms with Crippen LogP contribution in [0.1, 0.15) is 15.9 Å². The summed E-state index contributed by atoms with van der Waals surface area (Å²) in [4.78, 5) is 14.9. The topological polar surface area (TPSA) is 29.5 Å². The fourth-order valence-electron chi connectivity index (χ4n) is 1.94. The summed E-state index contributed by atoms with van der Waals surface area (Å²) >= 11 is 4.29. The summed E-state index contributed by atoms with van der Waals surface area (Å²) in [6.07, 6.45) is 0. The van der Waals surface area contributed by atoms with E-state index in [-0.39, 0.29) is 5.91 Å². The van der Waals surface area contributed by atoms with E-state index >= 15 is 0 Å². The van der Waals surface area contributed by atoms with Gasteiger partial charge in [-0.1, -0.05) is 6.07 Å². The first kappa shape index (κ1) is 14.5. The van der Waals surface area contributed by atoms with Gasteiger partial charge in [0.1, 0.15) is 5.75 Å². The zero-order chi connectivity index (χ0) is 14.7. The van der Waals surface area contributed by atoms with Crippen molar-refractivity contribution in [1.29, 1.82) is 0 Å². The highest BCUT2D eigenvalue weighted by Crippen LogP contribution is 2.22. The molecule has 0 aliphatic carbocycles. The van der Waals surface area contributed by atoms with Gasteiger partial charge in [0.25, 0.3) is 5.91 Å². The van der Waals surface area contributed by atoms with Crippen LogP contribution >= 0.6 is 12.6 Å². The van der Waals surface area contributed by atoms with Crippen molar-refractivity contribution in [3.63, 3.8) is 0 Å². The largest absolute Gasteiger partial charge is 0.497 e. The van der Waals surface area contributed by atoms with Crippen molar-refractivity contribution in [1.82, 2.24) is 0 Å². The summed E-state index contributed by atoms with van der Waals surface area (Å²) in [5.74, 6) is 0.715. The van der Waals surface area contributed by atoms with Crippen LogP contribution in [0.2, 0.25) is 0 Å². The second-order valence-electron chi connectivity index (χ2n) is 4.56. The number of hydrogen-bond donors (Lipinski definition) is 1. The second kappa shape index (κ2) is 6.01. The highest BCUT2D eigenvalue weighted by atomic mass is 32.1. The molecule has 20 heavy (non-hydrogen) atoms. The van der Waals surface area contributed by atoms with Crippen molar-refractivity contribution in [2.75, 3.05) is 19.1 Å². The number of methoxy groups -OCH3 is 1. The summed E-state index contributed by atoms with van der Waals surface area (Å²) < 4.78 is 5.12. The SMILES string of the molecule is COc1ccc(N(C)C(=O)c2cc(S)ccc2C)cc1. The van der Waals surface area contributed by atoms with Gasteiger partial charge in [0.15, 0.2) is 0 Å². The Morgan fingerprint density at radius 1 is 1.15 bits per heavy atom. The van der Waals surface area contributed by atoms with E-state index in [4.69, 9.17) is 4.74 Å². The van der Waals surface area contributed by atoms with Crippen molar-refractivity contribution >= 4 is 24.2 Å². The Labute approximate surface area is 124 Å². The normalized spacial score (nSPS) is 10.2. The van der Waals surface area contributed by atoms with Gasteiger partial charge in [0, 0.05) is 23.2 Å². The Hall–Kier alpha value is -1.94. The minimum atomic E-state index is -0.0523. The Morgan fingerprint density at radius 2 is 1.80 bits per heavy atom. The van der Waals surface area contributed by atoms with Crippen LogP contribution in [0.4, 0.5) is 5.69 Å². The van der Waals surface area contributed by atoms with E-state index in [1.54, 1.807) is 25.1 Å². The van der Waals surface area contributed by atoms with Crippen molar-refractivity contribution in [3.8, 4) is 5.75 Å². The molecule has 0 fully saturated rings. The number of carbonyl (C=O) groups is 1. The van der Waals surface area contributed by atoms with E-state index in [1.165, 1.54) is 0 Å². The van der Waals surface area contributed by atoms with Crippen LogP contribution in [0, 0.1) is 6.92 Å². The molecule has 0 heterocycles. The van der Waals surface area contributed by atoms with Crippen LogP contribution < -0.4 is 9.64 Å². The summed E-state index contributed by atoms with van der Waals surface area (Å²) in [7, 11) is 3.38. The van der Waals surface area contributed by atoms with Crippen molar-refractivity contribution in [3.05, 3.63) is 53.6 Å². The Morgan fingerprint density at radius 3 is 2.40 bits per heavy atom. The quantitative estimate of drug-likeness (QED) is 0.875. The van der Waals surface area contributed by atoms with Crippen molar-refractivity contribution in [2.45, 2.75) is 11.8 Å². The Kier molecular flexibility index (Phi) is 4.35. The highest BCUT2D eigenvalue weighted by molar-refractivity contribution is 7.80. The average Bonchev–Trinajstić information content (AvgIpc) is 2.48. The molecule has 0 saturated heterocycles. The maximum Gasteiger partial charge on any atom is 0.258 e. The first-order chi connectivity index (χ1) is 9.52. The molecule has 0 aromatic heterocycles. The molecule has 0 spiro atoms. The van der Waals surface area contributed by atoms with Gasteiger partial charge in [0.05, 0.1) is 7.11 Å². The monoisotopic (exact) mass is 287 g/mol.